The number of hydrogen-bond donors (Lipinski definition) is 1. The maximum atomic E-state index is 12.7. The largest absolute Gasteiger partial charge is 0.486 e. The fraction of sp³-hybridized carbons (Fsp3) is 0.190. The maximum Gasteiger partial charge on any atom is 0.272 e. The molecular weight excluding hydrogens is 342 g/mol. The molecule has 0 saturated heterocycles. The fourth-order valence-electron chi connectivity index (χ4n) is 3.02. The highest BCUT2D eigenvalue weighted by molar-refractivity contribution is 6.07. The molecule has 0 saturated carbocycles. The molecule has 0 spiro atoms. The monoisotopic (exact) mass is 361 g/mol. The van der Waals surface area contributed by atoms with Crippen molar-refractivity contribution in [2.45, 2.75) is 13.8 Å². The van der Waals surface area contributed by atoms with E-state index in [1.165, 1.54) is 0 Å². The Labute approximate surface area is 156 Å². The Hall–Kier alpha value is -3.41. The van der Waals surface area contributed by atoms with Gasteiger partial charge in [0.05, 0.1) is 16.8 Å². The number of hydrogen-bond acceptors (Lipinski definition) is 5. The van der Waals surface area contributed by atoms with E-state index in [2.05, 4.69) is 15.5 Å². The minimum atomic E-state index is -0.270. The van der Waals surface area contributed by atoms with Gasteiger partial charge in [0.15, 0.2) is 11.5 Å². The van der Waals surface area contributed by atoms with Gasteiger partial charge in [0.25, 0.3) is 5.91 Å². The zero-order chi connectivity index (χ0) is 18.8. The molecule has 4 rings (SSSR count). The lowest BCUT2D eigenvalue weighted by molar-refractivity contribution is 0.0956. The minimum Gasteiger partial charge on any atom is -0.486 e. The molecule has 1 aromatic heterocycles. The van der Waals surface area contributed by atoms with Crippen LogP contribution in [0.15, 0.2) is 53.6 Å². The molecule has 1 N–H and O–H groups in total. The van der Waals surface area contributed by atoms with E-state index in [0.717, 1.165) is 27.9 Å². The lowest BCUT2D eigenvalue weighted by Gasteiger charge is -2.18. The number of fused-ring (bicyclic) bond motifs is 2. The molecule has 1 amide bonds. The number of nitrogens with zero attached hydrogens (tertiary/aromatic N) is 2. The Bertz CT molecular complexity index is 1060. The minimum absolute atomic E-state index is 0.270. The molecule has 27 heavy (non-hydrogen) atoms. The lowest BCUT2D eigenvalue weighted by atomic mass is 10.1. The standard InChI is InChI=1S/C21H19N3O3/c1-13-11-17(16-5-3-4-6-18(16)22-13)21(25)24-23-14(2)15-7-8-19-20(12-15)27-10-9-26-19/h3-8,11-12H,9-10H2,1-2H3,(H,24,25)/b23-14+. The second kappa shape index (κ2) is 7.07. The van der Waals surface area contributed by atoms with E-state index in [1.807, 2.05) is 56.3 Å². The highest BCUT2D eigenvalue weighted by Gasteiger charge is 2.14. The van der Waals surface area contributed by atoms with Crippen LogP contribution in [-0.4, -0.2) is 29.8 Å². The summed E-state index contributed by atoms with van der Waals surface area (Å²) in [6.07, 6.45) is 0. The van der Waals surface area contributed by atoms with Gasteiger partial charge in [-0.05, 0) is 44.2 Å². The van der Waals surface area contributed by atoms with Crippen LogP contribution in [0.4, 0.5) is 0 Å². The number of carbonyl (C=O) groups excluding carboxylic acids is 1. The van der Waals surface area contributed by atoms with Crippen molar-refractivity contribution < 1.29 is 14.3 Å². The lowest BCUT2D eigenvalue weighted by Crippen LogP contribution is -2.20. The third-order valence-electron chi connectivity index (χ3n) is 4.37. The van der Waals surface area contributed by atoms with Crippen molar-refractivity contribution in [2.24, 2.45) is 5.10 Å². The average molecular weight is 361 g/mol. The SMILES string of the molecule is C/C(=N\NC(=O)c1cc(C)nc2ccccc12)c1ccc2c(c1)OCCO2. The van der Waals surface area contributed by atoms with Gasteiger partial charge in [-0.15, -0.1) is 0 Å². The van der Waals surface area contributed by atoms with Gasteiger partial charge in [-0.2, -0.15) is 5.10 Å². The summed E-state index contributed by atoms with van der Waals surface area (Å²) in [5.41, 5.74) is 6.30. The molecule has 0 bridgehead atoms. The summed E-state index contributed by atoms with van der Waals surface area (Å²) >= 11 is 0. The molecular formula is C21H19N3O3. The van der Waals surface area contributed by atoms with Crippen LogP contribution >= 0.6 is 0 Å². The van der Waals surface area contributed by atoms with Gasteiger partial charge < -0.3 is 9.47 Å². The van der Waals surface area contributed by atoms with Crippen molar-refractivity contribution in [1.29, 1.82) is 0 Å². The number of ether oxygens (including phenoxy) is 2. The van der Waals surface area contributed by atoms with Crippen molar-refractivity contribution in [3.63, 3.8) is 0 Å². The molecule has 0 unspecified atom stereocenters. The van der Waals surface area contributed by atoms with Crippen LogP contribution < -0.4 is 14.9 Å². The number of nitrogens with one attached hydrogen (secondary N) is 1. The molecule has 0 fully saturated rings. The molecule has 0 aliphatic carbocycles. The molecule has 2 heterocycles. The first-order valence-electron chi connectivity index (χ1n) is 8.73. The molecule has 6 nitrogen and oxygen atoms in total. The summed E-state index contributed by atoms with van der Waals surface area (Å²) in [5, 5.41) is 5.06. The van der Waals surface area contributed by atoms with E-state index in [-0.39, 0.29) is 5.91 Å². The summed E-state index contributed by atoms with van der Waals surface area (Å²) in [4.78, 5) is 17.1. The number of hydrazone groups is 1. The third-order valence-corrected chi connectivity index (χ3v) is 4.37. The molecule has 1 aliphatic rings. The first-order valence-corrected chi connectivity index (χ1v) is 8.73. The number of para-hydroxylation sites is 1. The number of benzene rings is 2. The van der Waals surface area contributed by atoms with Crippen molar-refractivity contribution in [1.82, 2.24) is 10.4 Å². The highest BCUT2D eigenvalue weighted by Crippen LogP contribution is 2.30. The predicted octanol–water partition coefficient (Wildman–Crippen LogP) is 3.47. The van der Waals surface area contributed by atoms with E-state index in [1.54, 1.807) is 6.07 Å². The second-order valence-electron chi connectivity index (χ2n) is 6.32. The highest BCUT2D eigenvalue weighted by atomic mass is 16.6. The van der Waals surface area contributed by atoms with Crippen molar-refractivity contribution in [3.05, 3.63) is 65.4 Å². The zero-order valence-corrected chi connectivity index (χ0v) is 15.2. The van der Waals surface area contributed by atoms with Crippen LogP contribution in [0.5, 0.6) is 11.5 Å². The van der Waals surface area contributed by atoms with E-state index in [9.17, 15) is 4.79 Å². The molecule has 2 aromatic carbocycles. The smallest absolute Gasteiger partial charge is 0.272 e. The molecule has 3 aromatic rings. The van der Waals surface area contributed by atoms with Crippen LogP contribution in [0.3, 0.4) is 0 Å². The summed E-state index contributed by atoms with van der Waals surface area (Å²) < 4.78 is 11.1. The van der Waals surface area contributed by atoms with Gasteiger partial charge in [0, 0.05) is 16.6 Å². The van der Waals surface area contributed by atoms with Crippen LogP contribution in [-0.2, 0) is 0 Å². The zero-order valence-electron chi connectivity index (χ0n) is 15.2. The van der Waals surface area contributed by atoms with E-state index >= 15 is 0 Å². The molecule has 1 aliphatic heterocycles. The Kier molecular flexibility index (Phi) is 4.46. The average Bonchev–Trinajstić information content (AvgIpc) is 2.70. The van der Waals surface area contributed by atoms with Gasteiger partial charge in [-0.1, -0.05) is 18.2 Å². The number of carbonyl (C=O) groups is 1. The Morgan fingerprint density at radius 3 is 2.70 bits per heavy atom. The molecule has 6 heteroatoms. The summed E-state index contributed by atoms with van der Waals surface area (Å²) in [5.74, 6) is 1.14. The Balaban J connectivity index is 1.58. The van der Waals surface area contributed by atoms with Crippen LogP contribution in [0.1, 0.15) is 28.5 Å². The summed E-state index contributed by atoms with van der Waals surface area (Å²) in [6.45, 7) is 4.78. The first kappa shape index (κ1) is 17.0. The van der Waals surface area contributed by atoms with Crippen LogP contribution in [0, 0.1) is 6.92 Å². The van der Waals surface area contributed by atoms with Crippen molar-refractivity contribution >= 4 is 22.5 Å². The van der Waals surface area contributed by atoms with Gasteiger partial charge in [-0.25, -0.2) is 5.43 Å². The second-order valence-corrected chi connectivity index (χ2v) is 6.32. The Morgan fingerprint density at radius 2 is 1.85 bits per heavy atom. The van der Waals surface area contributed by atoms with E-state index in [4.69, 9.17) is 9.47 Å². The molecule has 0 radical (unpaired) electrons. The first-order chi connectivity index (χ1) is 13.1. The number of rotatable bonds is 3. The van der Waals surface area contributed by atoms with Gasteiger partial charge in [-0.3, -0.25) is 9.78 Å². The van der Waals surface area contributed by atoms with Gasteiger partial charge in [0.2, 0.25) is 0 Å². The third kappa shape index (κ3) is 3.46. The molecule has 0 atom stereocenters. The number of aromatic nitrogens is 1. The van der Waals surface area contributed by atoms with E-state index in [0.29, 0.717) is 30.2 Å². The van der Waals surface area contributed by atoms with Crippen molar-refractivity contribution in [2.75, 3.05) is 13.2 Å². The Morgan fingerprint density at radius 1 is 1.07 bits per heavy atom. The van der Waals surface area contributed by atoms with E-state index < -0.39 is 0 Å². The number of amides is 1. The number of aryl methyl sites for hydroxylation is 1. The van der Waals surface area contributed by atoms with Crippen LogP contribution in [0.25, 0.3) is 10.9 Å². The number of pyridine rings is 1. The summed E-state index contributed by atoms with van der Waals surface area (Å²) in [6, 6.07) is 14.9. The molecule has 136 valence electrons. The fourth-order valence-corrected chi connectivity index (χ4v) is 3.02. The quantitative estimate of drug-likeness (QED) is 0.573. The predicted molar refractivity (Wildman–Crippen MR) is 104 cm³/mol. The summed E-state index contributed by atoms with van der Waals surface area (Å²) in [7, 11) is 0. The van der Waals surface area contributed by atoms with Crippen molar-refractivity contribution in [3.8, 4) is 11.5 Å². The van der Waals surface area contributed by atoms with Crippen LogP contribution in [0.2, 0.25) is 0 Å². The van der Waals surface area contributed by atoms with Gasteiger partial charge >= 0.3 is 0 Å². The topological polar surface area (TPSA) is 72.8 Å². The van der Waals surface area contributed by atoms with Gasteiger partial charge in [0.1, 0.15) is 13.2 Å². The normalized spacial score (nSPS) is 13.5. The maximum absolute atomic E-state index is 12.7.